The maximum Gasteiger partial charge on any atom is 0.238 e. The predicted octanol–water partition coefficient (Wildman–Crippen LogP) is 1.16. The van der Waals surface area contributed by atoms with Crippen molar-refractivity contribution in [2.45, 2.75) is 44.2 Å². The molecule has 2 aliphatic rings. The van der Waals surface area contributed by atoms with Gasteiger partial charge in [0.1, 0.15) is 0 Å². The number of carbonyl (C=O) groups excluding carboxylic acids is 1. The lowest BCUT2D eigenvalue weighted by Crippen LogP contribution is -2.49. The quantitative estimate of drug-likeness (QED) is 0.737. The van der Waals surface area contributed by atoms with E-state index in [-0.39, 0.29) is 11.9 Å². The van der Waals surface area contributed by atoms with E-state index in [1.54, 1.807) is 0 Å². The number of thioether (sulfide) groups is 1. The van der Waals surface area contributed by atoms with Gasteiger partial charge in [-0.2, -0.15) is 11.8 Å². The van der Waals surface area contributed by atoms with Crippen molar-refractivity contribution < 1.29 is 9.53 Å². The molecular weight excluding hydrogens is 248 g/mol. The van der Waals surface area contributed by atoms with E-state index >= 15 is 0 Å². The molecule has 1 atom stereocenters. The lowest BCUT2D eigenvalue weighted by molar-refractivity contribution is -0.123. The minimum absolute atomic E-state index is 0.0153. The van der Waals surface area contributed by atoms with Gasteiger partial charge in [0, 0.05) is 24.6 Å². The highest BCUT2D eigenvalue weighted by Crippen LogP contribution is 2.19. The number of hydrogen-bond donors (Lipinski definition) is 2. The van der Waals surface area contributed by atoms with Crippen molar-refractivity contribution in [2.75, 3.05) is 31.2 Å². The third kappa shape index (κ3) is 4.78. The molecule has 1 heterocycles. The second-order valence-electron chi connectivity index (χ2n) is 5.00. The van der Waals surface area contributed by atoms with Gasteiger partial charge in [-0.15, -0.1) is 0 Å². The monoisotopic (exact) mass is 272 g/mol. The fourth-order valence-corrected chi connectivity index (χ4v) is 3.42. The molecule has 1 aliphatic carbocycles. The van der Waals surface area contributed by atoms with Gasteiger partial charge in [-0.25, -0.2) is 0 Å². The minimum atomic E-state index is -0.0153. The summed E-state index contributed by atoms with van der Waals surface area (Å²) < 4.78 is 5.78. The van der Waals surface area contributed by atoms with Gasteiger partial charge in [0.25, 0.3) is 0 Å². The number of hydrogen-bond acceptors (Lipinski definition) is 4. The Kier molecular flexibility index (Phi) is 6.31. The number of amides is 1. The summed E-state index contributed by atoms with van der Waals surface area (Å²) in [7, 11) is 0. The molecule has 0 aromatic rings. The van der Waals surface area contributed by atoms with Crippen molar-refractivity contribution in [3.05, 3.63) is 0 Å². The third-order valence-corrected chi connectivity index (χ3v) is 4.61. The van der Waals surface area contributed by atoms with Gasteiger partial charge in [0.15, 0.2) is 0 Å². The summed E-state index contributed by atoms with van der Waals surface area (Å²) in [4.78, 5) is 11.8. The lowest BCUT2D eigenvalue weighted by Gasteiger charge is -2.24. The molecule has 0 radical (unpaired) electrons. The van der Waals surface area contributed by atoms with Crippen LogP contribution in [0.15, 0.2) is 0 Å². The zero-order valence-corrected chi connectivity index (χ0v) is 11.8. The van der Waals surface area contributed by atoms with Crippen LogP contribution < -0.4 is 10.6 Å². The highest BCUT2D eigenvalue weighted by molar-refractivity contribution is 7.99. The average Bonchev–Trinajstić information content (AvgIpc) is 2.45. The highest BCUT2D eigenvalue weighted by Gasteiger charge is 2.20. The summed E-state index contributed by atoms with van der Waals surface area (Å²) in [5.41, 5.74) is 0. The zero-order chi connectivity index (χ0) is 12.6. The largest absolute Gasteiger partial charge is 0.376 e. The minimum Gasteiger partial charge on any atom is -0.376 e. The van der Waals surface area contributed by atoms with Crippen LogP contribution in [0, 0.1) is 0 Å². The highest BCUT2D eigenvalue weighted by atomic mass is 32.2. The van der Waals surface area contributed by atoms with Crippen molar-refractivity contribution in [1.82, 2.24) is 10.6 Å². The van der Waals surface area contributed by atoms with Crippen LogP contribution in [0.2, 0.25) is 0 Å². The molecule has 0 bridgehead atoms. The van der Waals surface area contributed by atoms with E-state index in [0.717, 1.165) is 18.1 Å². The molecular formula is C13H24N2O2S. The molecule has 1 saturated carbocycles. The third-order valence-electron chi connectivity index (χ3n) is 3.55. The number of carbonyl (C=O) groups is 1. The Hall–Kier alpha value is -0.260. The maximum absolute atomic E-state index is 11.8. The molecule has 18 heavy (non-hydrogen) atoms. The van der Waals surface area contributed by atoms with Gasteiger partial charge in [-0.3, -0.25) is 4.79 Å². The van der Waals surface area contributed by atoms with Crippen LogP contribution >= 0.6 is 11.8 Å². The second kappa shape index (κ2) is 8.02. The first-order valence-corrected chi connectivity index (χ1v) is 8.22. The van der Waals surface area contributed by atoms with Crippen molar-refractivity contribution in [3.8, 4) is 0 Å². The Morgan fingerprint density at radius 2 is 2.17 bits per heavy atom. The lowest BCUT2D eigenvalue weighted by atomic mass is 9.98. The maximum atomic E-state index is 11.8. The fraction of sp³-hybridized carbons (Fsp3) is 0.923. The van der Waals surface area contributed by atoms with Crippen molar-refractivity contribution in [2.24, 2.45) is 0 Å². The van der Waals surface area contributed by atoms with E-state index in [1.165, 1.54) is 32.1 Å². The van der Waals surface area contributed by atoms with Gasteiger partial charge < -0.3 is 15.4 Å². The Labute approximate surface area is 114 Å². The van der Waals surface area contributed by atoms with Gasteiger partial charge in [0.2, 0.25) is 5.91 Å². The summed E-state index contributed by atoms with van der Waals surface area (Å²) in [5.74, 6) is 2.11. The molecule has 2 rings (SSSR count). The first-order chi connectivity index (χ1) is 8.86. The SMILES string of the molecule is O=C(NCCOC1CCCCC1)C1CSCCN1. The molecule has 0 spiro atoms. The van der Waals surface area contributed by atoms with E-state index in [1.807, 2.05) is 11.8 Å². The van der Waals surface area contributed by atoms with E-state index < -0.39 is 0 Å². The van der Waals surface area contributed by atoms with Gasteiger partial charge in [-0.05, 0) is 12.8 Å². The molecule has 1 aliphatic heterocycles. The molecule has 0 aromatic carbocycles. The Bertz CT molecular complexity index is 251. The summed E-state index contributed by atoms with van der Waals surface area (Å²) in [6.45, 7) is 2.22. The molecule has 1 amide bonds. The summed E-state index contributed by atoms with van der Waals surface area (Å²) in [6, 6.07) is -0.0153. The first-order valence-electron chi connectivity index (χ1n) is 7.07. The number of nitrogens with one attached hydrogen (secondary N) is 2. The topological polar surface area (TPSA) is 50.4 Å². The summed E-state index contributed by atoms with van der Waals surface area (Å²) >= 11 is 1.84. The van der Waals surface area contributed by atoms with Crippen LogP contribution in [0.25, 0.3) is 0 Å². The van der Waals surface area contributed by atoms with E-state index in [9.17, 15) is 4.79 Å². The molecule has 104 valence electrons. The predicted molar refractivity (Wildman–Crippen MR) is 75.0 cm³/mol. The van der Waals surface area contributed by atoms with Gasteiger partial charge in [0.05, 0.1) is 18.8 Å². The Morgan fingerprint density at radius 3 is 2.89 bits per heavy atom. The first kappa shape index (κ1) is 14.2. The second-order valence-corrected chi connectivity index (χ2v) is 6.15. The molecule has 2 fully saturated rings. The molecule has 2 N–H and O–H groups in total. The van der Waals surface area contributed by atoms with Gasteiger partial charge in [-0.1, -0.05) is 19.3 Å². The molecule has 1 saturated heterocycles. The van der Waals surface area contributed by atoms with E-state index in [4.69, 9.17) is 4.74 Å². The summed E-state index contributed by atoms with van der Waals surface area (Å²) in [5, 5.41) is 6.19. The molecule has 1 unspecified atom stereocenters. The van der Waals surface area contributed by atoms with Crippen LogP contribution in [0.5, 0.6) is 0 Å². The number of rotatable bonds is 5. The van der Waals surface area contributed by atoms with Crippen LogP contribution in [-0.4, -0.2) is 49.3 Å². The van der Waals surface area contributed by atoms with Crippen LogP contribution in [0.4, 0.5) is 0 Å². The average molecular weight is 272 g/mol. The fourth-order valence-electron chi connectivity index (χ4n) is 2.49. The smallest absolute Gasteiger partial charge is 0.238 e. The Balaban J connectivity index is 1.52. The number of ether oxygens (including phenoxy) is 1. The molecule has 0 aromatic heterocycles. The van der Waals surface area contributed by atoms with E-state index in [2.05, 4.69) is 10.6 Å². The van der Waals surface area contributed by atoms with Crippen LogP contribution in [0.1, 0.15) is 32.1 Å². The van der Waals surface area contributed by atoms with Gasteiger partial charge >= 0.3 is 0 Å². The molecule has 5 heteroatoms. The summed E-state index contributed by atoms with van der Waals surface area (Å²) in [6.07, 6.45) is 6.74. The zero-order valence-electron chi connectivity index (χ0n) is 11.0. The normalized spacial score (nSPS) is 25.9. The van der Waals surface area contributed by atoms with Crippen LogP contribution in [-0.2, 0) is 9.53 Å². The standard InChI is InChI=1S/C13H24N2O2S/c16-13(12-10-18-9-7-14-12)15-6-8-17-11-4-2-1-3-5-11/h11-12,14H,1-10H2,(H,15,16). The van der Waals surface area contributed by atoms with Crippen molar-refractivity contribution >= 4 is 17.7 Å². The van der Waals surface area contributed by atoms with Crippen molar-refractivity contribution in [3.63, 3.8) is 0 Å². The molecule has 4 nitrogen and oxygen atoms in total. The van der Waals surface area contributed by atoms with Crippen LogP contribution in [0.3, 0.4) is 0 Å². The van der Waals surface area contributed by atoms with Crippen molar-refractivity contribution in [1.29, 1.82) is 0 Å². The Morgan fingerprint density at radius 1 is 1.33 bits per heavy atom. The van der Waals surface area contributed by atoms with E-state index in [0.29, 0.717) is 19.3 Å².